The van der Waals surface area contributed by atoms with E-state index in [0.717, 1.165) is 19.6 Å². The van der Waals surface area contributed by atoms with E-state index in [1.807, 2.05) is 6.92 Å². The lowest BCUT2D eigenvalue weighted by molar-refractivity contribution is 0.290. The van der Waals surface area contributed by atoms with E-state index in [-0.39, 0.29) is 5.54 Å². The second-order valence-corrected chi connectivity index (χ2v) is 2.33. The molecule has 3 nitrogen and oxygen atoms in total. The molecule has 1 heterocycles. The molecule has 1 saturated heterocycles. The van der Waals surface area contributed by atoms with Crippen molar-refractivity contribution < 1.29 is 0 Å². The fourth-order valence-corrected chi connectivity index (χ4v) is 0.957. The van der Waals surface area contributed by atoms with Crippen LogP contribution in [0.15, 0.2) is 0 Å². The molecule has 0 unspecified atom stereocenters. The average Bonchev–Trinajstić information content (AvgIpc) is 1.79. The summed E-state index contributed by atoms with van der Waals surface area (Å²) in [6.07, 6.45) is 0. The number of rotatable bonds is 2. The maximum Gasteiger partial charge on any atom is 0.131 e. The van der Waals surface area contributed by atoms with Crippen LogP contribution in [0.2, 0.25) is 0 Å². The van der Waals surface area contributed by atoms with Gasteiger partial charge in [-0.05, 0) is 6.54 Å². The van der Waals surface area contributed by atoms with Crippen molar-refractivity contribution in [3.8, 4) is 6.07 Å². The van der Waals surface area contributed by atoms with Gasteiger partial charge in [-0.1, -0.05) is 6.92 Å². The Morgan fingerprint density at radius 3 is 2.56 bits per heavy atom. The van der Waals surface area contributed by atoms with Gasteiger partial charge in [0.25, 0.3) is 0 Å². The molecule has 1 fully saturated rings. The first-order valence-corrected chi connectivity index (χ1v) is 3.20. The summed E-state index contributed by atoms with van der Waals surface area (Å²) in [6.45, 7) is 4.46. The number of nitrogens with one attached hydrogen (secondary N) is 2. The minimum absolute atomic E-state index is 0.241. The Labute approximate surface area is 55.1 Å². The van der Waals surface area contributed by atoms with Crippen molar-refractivity contribution in [2.75, 3.05) is 19.6 Å². The van der Waals surface area contributed by atoms with Crippen LogP contribution < -0.4 is 10.6 Å². The highest BCUT2D eigenvalue weighted by molar-refractivity contribution is 5.15. The van der Waals surface area contributed by atoms with E-state index in [2.05, 4.69) is 16.7 Å². The van der Waals surface area contributed by atoms with E-state index in [1.54, 1.807) is 0 Å². The predicted molar refractivity (Wildman–Crippen MR) is 34.9 cm³/mol. The molecule has 0 bridgehead atoms. The molecule has 0 aromatic heterocycles. The first-order chi connectivity index (χ1) is 4.33. The van der Waals surface area contributed by atoms with E-state index < -0.39 is 0 Å². The number of likely N-dealkylation sites (N-methyl/N-ethyl adjacent to an activating group) is 1. The average molecular weight is 125 g/mol. The maximum atomic E-state index is 8.62. The minimum Gasteiger partial charge on any atom is -0.311 e. The van der Waals surface area contributed by atoms with Crippen molar-refractivity contribution >= 4 is 0 Å². The molecule has 0 aromatic carbocycles. The Morgan fingerprint density at radius 1 is 1.78 bits per heavy atom. The Morgan fingerprint density at radius 2 is 2.44 bits per heavy atom. The third-order valence-electron chi connectivity index (χ3n) is 1.58. The van der Waals surface area contributed by atoms with Crippen molar-refractivity contribution in [3.63, 3.8) is 0 Å². The summed E-state index contributed by atoms with van der Waals surface area (Å²) in [7, 11) is 0. The van der Waals surface area contributed by atoms with Crippen LogP contribution in [-0.4, -0.2) is 25.2 Å². The molecular formula is C6H11N3. The van der Waals surface area contributed by atoms with Gasteiger partial charge in [0.15, 0.2) is 0 Å². The monoisotopic (exact) mass is 125 g/mol. The van der Waals surface area contributed by atoms with Gasteiger partial charge >= 0.3 is 0 Å². The van der Waals surface area contributed by atoms with E-state index >= 15 is 0 Å². The number of hydrogen-bond acceptors (Lipinski definition) is 3. The minimum atomic E-state index is -0.241. The van der Waals surface area contributed by atoms with Crippen LogP contribution in [0.1, 0.15) is 6.92 Å². The van der Waals surface area contributed by atoms with Crippen LogP contribution in [-0.2, 0) is 0 Å². The van der Waals surface area contributed by atoms with Gasteiger partial charge in [0, 0.05) is 13.1 Å². The molecule has 9 heavy (non-hydrogen) atoms. The van der Waals surface area contributed by atoms with Crippen LogP contribution in [0.5, 0.6) is 0 Å². The summed E-state index contributed by atoms with van der Waals surface area (Å²) in [6, 6.07) is 2.24. The lowest BCUT2D eigenvalue weighted by atomic mass is 9.95. The molecule has 0 spiro atoms. The zero-order valence-corrected chi connectivity index (χ0v) is 5.57. The Kier molecular flexibility index (Phi) is 1.70. The molecule has 1 rings (SSSR count). The Bertz CT molecular complexity index is 132. The highest BCUT2D eigenvalue weighted by Crippen LogP contribution is 2.07. The van der Waals surface area contributed by atoms with Crippen molar-refractivity contribution in [1.82, 2.24) is 10.6 Å². The standard InChI is InChI=1S/C6H11N3/c1-2-9-6(3-7)4-8-5-6/h8-9H,2,4-5H2,1H3. The molecule has 0 amide bonds. The lowest BCUT2D eigenvalue weighted by Crippen LogP contribution is -2.66. The smallest absolute Gasteiger partial charge is 0.131 e. The van der Waals surface area contributed by atoms with E-state index in [9.17, 15) is 0 Å². The summed E-state index contributed by atoms with van der Waals surface area (Å²) in [5.74, 6) is 0. The summed E-state index contributed by atoms with van der Waals surface area (Å²) < 4.78 is 0. The fourth-order valence-electron chi connectivity index (χ4n) is 0.957. The molecule has 0 saturated carbocycles. The highest BCUT2D eigenvalue weighted by atomic mass is 15.1. The Hall–Kier alpha value is -0.590. The summed E-state index contributed by atoms with van der Waals surface area (Å²) in [4.78, 5) is 0. The van der Waals surface area contributed by atoms with Crippen LogP contribution in [0.4, 0.5) is 0 Å². The summed E-state index contributed by atoms with van der Waals surface area (Å²) >= 11 is 0. The highest BCUT2D eigenvalue weighted by Gasteiger charge is 2.35. The number of nitriles is 1. The molecule has 50 valence electrons. The van der Waals surface area contributed by atoms with Crippen LogP contribution in [0.25, 0.3) is 0 Å². The molecule has 2 N–H and O–H groups in total. The van der Waals surface area contributed by atoms with Crippen molar-refractivity contribution in [2.24, 2.45) is 0 Å². The second kappa shape index (κ2) is 2.34. The summed E-state index contributed by atoms with van der Waals surface area (Å²) in [5, 5.41) is 14.8. The zero-order chi connectivity index (χ0) is 6.74. The second-order valence-electron chi connectivity index (χ2n) is 2.33. The van der Waals surface area contributed by atoms with Crippen LogP contribution in [0.3, 0.4) is 0 Å². The first kappa shape index (κ1) is 6.53. The van der Waals surface area contributed by atoms with Gasteiger partial charge in [-0.15, -0.1) is 0 Å². The van der Waals surface area contributed by atoms with Gasteiger partial charge in [-0.3, -0.25) is 5.32 Å². The van der Waals surface area contributed by atoms with E-state index in [1.165, 1.54) is 0 Å². The lowest BCUT2D eigenvalue weighted by Gasteiger charge is -2.36. The first-order valence-electron chi connectivity index (χ1n) is 3.20. The number of hydrogen-bond donors (Lipinski definition) is 2. The molecule has 3 heteroatoms. The Balaban J connectivity index is 2.40. The fraction of sp³-hybridized carbons (Fsp3) is 0.833. The van der Waals surface area contributed by atoms with Gasteiger partial charge in [0.05, 0.1) is 6.07 Å². The van der Waals surface area contributed by atoms with Gasteiger partial charge in [-0.2, -0.15) is 5.26 Å². The SMILES string of the molecule is CCNC1(C#N)CNC1. The van der Waals surface area contributed by atoms with Gasteiger partial charge in [0.1, 0.15) is 5.54 Å². The molecule has 1 aliphatic heterocycles. The van der Waals surface area contributed by atoms with E-state index in [4.69, 9.17) is 5.26 Å². The van der Waals surface area contributed by atoms with Crippen molar-refractivity contribution in [3.05, 3.63) is 0 Å². The van der Waals surface area contributed by atoms with Crippen molar-refractivity contribution in [2.45, 2.75) is 12.5 Å². The zero-order valence-electron chi connectivity index (χ0n) is 5.57. The molecule has 0 aliphatic carbocycles. The summed E-state index contributed by atoms with van der Waals surface area (Å²) in [5.41, 5.74) is -0.241. The number of nitrogens with zero attached hydrogens (tertiary/aromatic N) is 1. The molecule has 0 atom stereocenters. The van der Waals surface area contributed by atoms with Crippen LogP contribution in [0, 0.1) is 11.3 Å². The quantitative estimate of drug-likeness (QED) is 0.521. The third kappa shape index (κ3) is 1.04. The normalized spacial score (nSPS) is 22.2. The topological polar surface area (TPSA) is 47.9 Å². The predicted octanol–water partition coefficient (Wildman–Crippen LogP) is -0.539. The molecular weight excluding hydrogens is 114 g/mol. The van der Waals surface area contributed by atoms with Gasteiger partial charge < -0.3 is 5.32 Å². The van der Waals surface area contributed by atoms with Gasteiger partial charge in [0.2, 0.25) is 0 Å². The maximum absolute atomic E-state index is 8.62. The molecule has 1 aliphatic rings. The molecule has 0 radical (unpaired) electrons. The van der Waals surface area contributed by atoms with E-state index in [0.29, 0.717) is 0 Å². The van der Waals surface area contributed by atoms with Crippen molar-refractivity contribution in [1.29, 1.82) is 5.26 Å². The van der Waals surface area contributed by atoms with Gasteiger partial charge in [-0.25, -0.2) is 0 Å². The third-order valence-corrected chi connectivity index (χ3v) is 1.58. The van der Waals surface area contributed by atoms with Crippen LogP contribution >= 0.6 is 0 Å². The molecule has 0 aromatic rings. The largest absolute Gasteiger partial charge is 0.311 e.